The minimum atomic E-state index is -0.0698. The minimum Gasteiger partial charge on any atom is -0.345 e. The van der Waals surface area contributed by atoms with E-state index >= 15 is 0 Å². The molecule has 3 heteroatoms. The lowest BCUT2D eigenvalue weighted by molar-refractivity contribution is -0.131. The summed E-state index contributed by atoms with van der Waals surface area (Å²) in [7, 11) is 1.84. The molecule has 1 amide bonds. The van der Waals surface area contributed by atoms with E-state index in [1.807, 2.05) is 7.05 Å². The maximum absolute atomic E-state index is 11.8. The lowest BCUT2D eigenvalue weighted by Gasteiger charge is -2.28. The van der Waals surface area contributed by atoms with Crippen molar-refractivity contribution in [2.75, 3.05) is 13.6 Å². The Hall–Kier alpha value is -0.570. The van der Waals surface area contributed by atoms with Gasteiger partial charge in [-0.2, -0.15) is 0 Å². The van der Waals surface area contributed by atoms with Gasteiger partial charge >= 0.3 is 0 Å². The van der Waals surface area contributed by atoms with Crippen molar-refractivity contribution in [2.24, 2.45) is 17.1 Å². The number of hydrogen-bond acceptors (Lipinski definition) is 2. The maximum atomic E-state index is 11.8. The lowest BCUT2D eigenvalue weighted by atomic mass is 9.85. The average molecular weight is 214 g/mol. The van der Waals surface area contributed by atoms with Crippen LogP contribution in [0.1, 0.15) is 41.0 Å². The van der Waals surface area contributed by atoms with Crippen molar-refractivity contribution in [3.8, 4) is 0 Å². The summed E-state index contributed by atoms with van der Waals surface area (Å²) < 4.78 is 0. The fraction of sp³-hybridized carbons (Fsp3) is 0.917. The minimum absolute atomic E-state index is 0.00562. The molecule has 1 atom stereocenters. The molecule has 0 aliphatic heterocycles. The van der Waals surface area contributed by atoms with E-state index in [-0.39, 0.29) is 17.4 Å². The molecule has 0 aromatic rings. The zero-order valence-electron chi connectivity index (χ0n) is 11.0. The number of carbonyl (C=O) groups is 1. The van der Waals surface area contributed by atoms with Gasteiger partial charge in [-0.1, -0.05) is 34.6 Å². The van der Waals surface area contributed by atoms with E-state index in [0.717, 1.165) is 6.54 Å². The van der Waals surface area contributed by atoms with E-state index in [2.05, 4.69) is 34.6 Å². The second-order valence-corrected chi connectivity index (χ2v) is 5.84. The first-order valence-corrected chi connectivity index (χ1v) is 5.64. The Morgan fingerprint density at radius 2 is 1.80 bits per heavy atom. The Labute approximate surface area is 94.0 Å². The smallest absolute Gasteiger partial charge is 0.223 e. The monoisotopic (exact) mass is 214 g/mol. The molecule has 0 spiro atoms. The number of nitrogens with two attached hydrogens (primary N) is 1. The molecule has 0 aromatic carbocycles. The predicted octanol–water partition coefficient (Wildman–Crippen LogP) is 1.86. The zero-order valence-corrected chi connectivity index (χ0v) is 11.0. The summed E-state index contributed by atoms with van der Waals surface area (Å²) >= 11 is 0. The molecule has 0 aliphatic rings. The summed E-state index contributed by atoms with van der Waals surface area (Å²) in [6, 6.07) is -0.0698. The van der Waals surface area contributed by atoms with Crippen molar-refractivity contribution in [1.29, 1.82) is 0 Å². The molecule has 0 radical (unpaired) electrons. The molecule has 0 heterocycles. The molecule has 0 aromatic heterocycles. The highest BCUT2D eigenvalue weighted by Gasteiger charge is 2.24. The van der Waals surface area contributed by atoms with Gasteiger partial charge in [-0.25, -0.2) is 0 Å². The van der Waals surface area contributed by atoms with E-state index in [1.165, 1.54) is 0 Å². The van der Waals surface area contributed by atoms with Crippen LogP contribution in [0.3, 0.4) is 0 Å². The van der Waals surface area contributed by atoms with E-state index in [9.17, 15) is 4.79 Å². The van der Waals surface area contributed by atoms with Crippen LogP contribution in [-0.2, 0) is 4.79 Å². The highest BCUT2D eigenvalue weighted by atomic mass is 16.2. The van der Waals surface area contributed by atoms with Crippen LogP contribution in [0.25, 0.3) is 0 Å². The summed E-state index contributed by atoms with van der Waals surface area (Å²) in [6.07, 6.45) is 0.437. The molecule has 1 unspecified atom stereocenters. The topological polar surface area (TPSA) is 46.3 Å². The number of amides is 1. The van der Waals surface area contributed by atoms with Crippen molar-refractivity contribution < 1.29 is 4.79 Å². The van der Waals surface area contributed by atoms with Gasteiger partial charge in [-0.15, -0.1) is 0 Å². The van der Waals surface area contributed by atoms with Gasteiger partial charge in [-0.3, -0.25) is 4.79 Å². The van der Waals surface area contributed by atoms with Crippen LogP contribution >= 0.6 is 0 Å². The van der Waals surface area contributed by atoms with E-state index < -0.39 is 0 Å². The molecular weight excluding hydrogens is 188 g/mol. The Balaban J connectivity index is 4.14. The largest absolute Gasteiger partial charge is 0.345 e. The fourth-order valence-electron chi connectivity index (χ4n) is 1.30. The van der Waals surface area contributed by atoms with Crippen LogP contribution in [0.15, 0.2) is 0 Å². The third kappa shape index (κ3) is 5.78. The number of rotatable bonds is 4. The van der Waals surface area contributed by atoms with Crippen LogP contribution in [0.5, 0.6) is 0 Å². The predicted molar refractivity (Wildman–Crippen MR) is 64.5 cm³/mol. The summed E-state index contributed by atoms with van der Waals surface area (Å²) in [5, 5.41) is 0. The van der Waals surface area contributed by atoms with Crippen LogP contribution in [0, 0.1) is 11.3 Å². The van der Waals surface area contributed by atoms with Crippen molar-refractivity contribution >= 4 is 5.91 Å². The molecule has 3 nitrogen and oxygen atoms in total. The van der Waals surface area contributed by atoms with Crippen molar-refractivity contribution in [1.82, 2.24) is 4.90 Å². The number of nitrogens with zero attached hydrogens (tertiary/aromatic N) is 1. The highest BCUT2D eigenvalue weighted by molar-refractivity contribution is 5.76. The fourth-order valence-corrected chi connectivity index (χ4v) is 1.30. The second kappa shape index (κ2) is 5.50. The third-order valence-corrected chi connectivity index (χ3v) is 2.57. The molecule has 0 saturated heterocycles. The van der Waals surface area contributed by atoms with Gasteiger partial charge in [0.15, 0.2) is 0 Å². The van der Waals surface area contributed by atoms with Crippen LogP contribution in [-0.4, -0.2) is 30.4 Å². The van der Waals surface area contributed by atoms with Gasteiger partial charge in [0.25, 0.3) is 0 Å². The average Bonchev–Trinajstić information content (AvgIpc) is 2.00. The molecule has 0 saturated carbocycles. The molecular formula is C12H26N2O. The van der Waals surface area contributed by atoms with Crippen molar-refractivity contribution in [3.63, 3.8) is 0 Å². The maximum Gasteiger partial charge on any atom is 0.223 e. The summed E-state index contributed by atoms with van der Waals surface area (Å²) in [5.74, 6) is 0.649. The van der Waals surface area contributed by atoms with E-state index in [1.54, 1.807) is 4.90 Å². The van der Waals surface area contributed by atoms with Crippen LogP contribution in [0.2, 0.25) is 0 Å². The van der Waals surface area contributed by atoms with E-state index in [0.29, 0.717) is 12.3 Å². The molecule has 15 heavy (non-hydrogen) atoms. The molecule has 0 bridgehead atoms. The second-order valence-electron chi connectivity index (χ2n) is 5.84. The Morgan fingerprint density at radius 3 is 2.13 bits per heavy atom. The standard InChI is InChI=1S/C12H26N2O/c1-9(2)8-14(6)11(15)7-10(13)12(3,4)5/h9-10H,7-8,13H2,1-6H3. The number of hydrogen-bond donors (Lipinski definition) is 1. The van der Waals surface area contributed by atoms with Gasteiger partial charge in [0, 0.05) is 26.1 Å². The molecule has 0 rings (SSSR count). The summed E-state index contributed by atoms with van der Waals surface area (Å²) in [4.78, 5) is 13.6. The Kier molecular flexibility index (Phi) is 5.29. The quantitative estimate of drug-likeness (QED) is 0.776. The van der Waals surface area contributed by atoms with E-state index in [4.69, 9.17) is 5.73 Å². The Morgan fingerprint density at radius 1 is 1.33 bits per heavy atom. The molecule has 0 fully saturated rings. The van der Waals surface area contributed by atoms with Crippen molar-refractivity contribution in [3.05, 3.63) is 0 Å². The zero-order chi connectivity index (χ0) is 12.2. The molecule has 2 N–H and O–H groups in total. The first-order valence-electron chi connectivity index (χ1n) is 5.64. The first kappa shape index (κ1) is 14.4. The number of carbonyl (C=O) groups excluding carboxylic acids is 1. The Bertz CT molecular complexity index is 206. The summed E-state index contributed by atoms with van der Waals surface area (Å²) in [5.41, 5.74) is 5.97. The van der Waals surface area contributed by atoms with Crippen molar-refractivity contribution in [2.45, 2.75) is 47.1 Å². The van der Waals surface area contributed by atoms with Crippen LogP contribution in [0.4, 0.5) is 0 Å². The third-order valence-electron chi connectivity index (χ3n) is 2.57. The SMILES string of the molecule is CC(C)CN(C)C(=O)CC(N)C(C)(C)C. The molecule has 0 aliphatic carbocycles. The van der Waals surface area contributed by atoms with Gasteiger partial charge < -0.3 is 10.6 Å². The highest BCUT2D eigenvalue weighted by Crippen LogP contribution is 2.20. The first-order chi connectivity index (χ1) is 6.64. The van der Waals surface area contributed by atoms with Crippen LogP contribution < -0.4 is 5.73 Å². The van der Waals surface area contributed by atoms with Gasteiger partial charge in [0.05, 0.1) is 0 Å². The van der Waals surface area contributed by atoms with Gasteiger partial charge in [0.1, 0.15) is 0 Å². The van der Waals surface area contributed by atoms with Gasteiger partial charge in [0.2, 0.25) is 5.91 Å². The summed E-state index contributed by atoms with van der Waals surface area (Å²) in [6.45, 7) is 11.2. The molecule has 90 valence electrons. The van der Waals surface area contributed by atoms with Gasteiger partial charge in [-0.05, 0) is 11.3 Å². The lowest BCUT2D eigenvalue weighted by Crippen LogP contribution is -2.41. The normalized spacial score (nSPS) is 14.1.